The van der Waals surface area contributed by atoms with Gasteiger partial charge in [-0.05, 0) is 18.4 Å². The smallest absolute Gasteiger partial charge is 0.0118 e. The maximum atomic E-state index is 3.58. The molecule has 0 aromatic rings. The Labute approximate surface area is 77.9 Å². The van der Waals surface area contributed by atoms with Crippen molar-refractivity contribution in [3.8, 4) is 0 Å². The zero-order valence-electron chi connectivity index (χ0n) is 9.35. The van der Waals surface area contributed by atoms with Gasteiger partial charge in [-0.15, -0.1) is 0 Å². The van der Waals surface area contributed by atoms with Crippen LogP contribution in [0.4, 0.5) is 0 Å². The Morgan fingerprint density at radius 2 is 1.33 bits per heavy atom. The predicted molar refractivity (Wildman–Crippen MR) is 56.4 cm³/mol. The maximum absolute atomic E-state index is 3.58. The third-order valence-corrected chi connectivity index (χ3v) is 2.95. The number of rotatable bonds is 6. The summed E-state index contributed by atoms with van der Waals surface area (Å²) in [5, 5.41) is 3.58. The van der Waals surface area contributed by atoms with Crippen molar-refractivity contribution in [2.45, 2.75) is 53.5 Å². The largest absolute Gasteiger partial charge is 0.314 e. The molecule has 0 aliphatic carbocycles. The Bertz CT molecular complexity index is 91.2. The van der Waals surface area contributed by atoms with Crippen LogP contribution in [-0.2, 0) is 0 Å². The summed E-state index contributed by atoms with van der Waals surface area (Å²) in [6.45, 7) is 12.5. The van der Waals surface area contributed by atoms with Crippen molar-refractivity contribution in [3.05, 3.63) is 0 Å². The van der Waals surface area contributed by atoms with E-state index in [1.165, 1.54) is 12.8 Å². The molecule has 0 rings (SSSR count). The first-order valence-electron chi connectivity index (χ1n) is 5.40. The number of nitrogens with one attached hydrogen (secondary N) is 1. The highest BCUT2D eigenvalue weighted by molar-refractivity contribution is 4.76. The predicted octanol–water partition coefficient (Wildman–Crippen LogP) is 3.06. The van der Waals surface area contributed by atoms with E-state index in [0.717, 1.165) is 18.4 Å². The van der Waals surface area contributed by atoms with Crippen molar-refractivity contribution in [1.82, 2.24) is 5.32 Å². The molecule has 0 heterocycles. The fourth-order valence-electron chi connectivity index (χ4n) is 1.71. The molecule has 0 aliphatic heterocycles. The fraction of sp³-hybridized carbons (Fsp3) is 1.00. The molecule has 0 bridgehead atoms. The van der Waals surface area contributed by atoms with Gasteiger partial charge in [-0.3, -0.25) is 0 Å². The minimum absolute atomic E-state index is 0.713. The van der Waals surface area contributed by atoms with Gasteiger partial charge in [0.1, 0.15) is 0 Å². The van der Waals surface area contributed by atoms with Gasteiger partial charge in [0.2, 0.25) is 0 Å². The summed E-state index contributed by atoms with van der Waals surface area (Å²) in [5.41, 5.74) is 0. The first-order chi connectivity index (χ1) is 5.67. The van der Waals surface area contributed by atoms with Crippen LogP contribution in [0.15, 0.2) is 0 Å². The van der Waals surface area contributed by atoms with Crippen LogP contribution in [0.5, 0.6) is 0 Å². The second-order valence-electron chi connectivity index (χ2n) is 3.85. The Morgan fingerprint density at radius 1 is 0.917 bits per heavy atom. The van der Waals surface area contributed by atoms with Crippen LogP contribution < -0.4 is 5.32 Å². The van der Waals surface area contributed by atoms with E-state index in [9.17, 15) is 0 Å². The highest BCUT2D eigenvalue weighted by atomic mass is 14.9. The molecule has 0 amide bonds. The van der Waals surface area contributed by atoms with Gasteiger partial charge in [0.05, 0.1) is 0 Å². The van der Waals surface area contributed by atoms with E-state index in [2.05, 4.69) is 39.9 Å². The van der Waals surface area contributed by atoms with E-state index >= 15 is 0 Å². The molecule has 0 spiro atoms. The molecule has 0 saturated heterocycles. The lowest BCUT2D eigenvalue weighted by Crippen LogP contribution is -2.39. The van der Waals surface area contributed by atoms with Gasteiger partial charge in [-0.2, -0.15) is 0 Å². The van der Waals surface area contributed by atoms with Crippen molar-refractivity contribution in [3.63, 3.8) is 0 Å². The molecule has 1 heteroatoms. The summed E-state index contributed by atoms with van der Waals surface area (Å²) in [4.78, 5) is 0. The van der Waals surface area contributed by atoms with Gasteiger partial charge in [-0.1, -0.05) is 47.5 Å². The molecule has 74 valence electrons. The topological polar surface area (TPSA) is 12.0 Å². The second-order valence-corrected chi connectivity index (χ2v) is 3.85. The third-order valence-electron chi connectivity index (χ3n) is 2.95. The molecule has 0 saturated carbocycles. The molecule has 0 radical (unpaired) electrons. The molecular formula is C11H25N. The molecule has 1 nitrogen and oxygen atoms in total. The van der Waals surface area contributed by atoms with Crippen LogP contribution >= 0.6 is 0 Å². The normalized spacial score (nSPS) is 18.8. The van der Waals surface area contributed by atoms with Gasteiger partial charge < -0.3 is 5.32 Å². The van der Waals surface area contributed by atoms with Crippen molar-refractivity contribution >= 4 is 0 Å². The molecule has 2 unspecified atom stereocenters. The average molecular weight is 171 g/mol. The minimum atomic E-state index is 0.713. The van der Waals surface area contributed by atoms with Gasteiger partial charge in [-0.25, -0.2) is 0 Å². The summed E-state index contributed by atoms with van der Waals surface area (Å²) in [6.07, 6.45) is 2.56. The molecule has 0 aromatic heterocycles. The van der Waals surface area contributed by atoms with Gasteiger partial charge in [0, 0.05) is 6.04 Å². The molecule has 0 fully saturated rings. The van der Waals surface area contributed by atoms with Crippen molar-refractivity contribution in [1.29, 1.82) is 0 Å². The van der Waals surface area contributed by atoms with E-state index in [4.69, 9.17) is 0 Å². The summed E-state index contributed by atoms with van der Waals surface area (Å²) in [7, 11) is 0. The van der Waals surface area contributed by atoms with Crippen LogP contribution in [0.3, 0.4) is 0 Å². The van der Waals surface area contributed by atoms with Gasteiger partial charge in [0.25, 0.3) is 0 Å². The van der Waals surface area contributed by atoms with Gasteiger partial charge >= 0.3 is 0 Å². The van der Waals surface area contributed by atoms with Crippen LogP contribution in [0, 0.1) is 11.8 Å². The highest BCUT2D eigenvalue weighted by Crippen LogP contribution is 2.18. The van der Waals surface area contributed by atoms with Crippen LogP contribution in [0.2, 0.25) is 0 Å². The van der Waals surface area contributed by atoms with E-state index in [1.807, 2.05) is 0 Å². The van der Waals surface area contributed by atoms with E-state index < -0.39 is 0 Å². The maximum Gasteiger partial charge on any atom is 0.0118 e. The molecule has 0 aliphatic rings. The van der Waals surface area contributed by atoms with Crippen LogP contribution in [0.1, 0.15) is 47.5 Å². The first-order valence-corrected chi connectivity index (χ1v) is 5.40. The monoisotopic (exact) mass is 171 g/mol. The Balaban J connectivity index is 4.01. The molecule has 1 N–H and O–H groups in total. The SMILES string of the molecule is CCNC(C(C)CC)C(C)CC. The van der Waals surface area contributed by atoms with Crippen LogP contribution in [-0.4, -0.2) is 12.6 Å². The quantitative estimate of drug-likeness (QED) is 0.647. The highest BCUT2D eigenvalue weighted by Gasteiger charge is 2.19. The molecule has 12 heavy (non-hydrogen) atoms. The minimum Gasteiger partial charge on any atom is -0.314 e. The zero-order valence-corrected chi connectivity index (χ0v) is 9.35. The van der Waals surface area contributed by atoms with Gasteiger partial charge in [0.15, 0.2) is 0 Å². The van der Waals surface area contributed by atoms with E-state index in [-0.39, 0.29) is 0 Å². The number of hydrogen-bond donors (Lipinski definition) is 1. The lowest BCUT2D eigenvalue weighted by atomic mass is 9.87. The summed E-state index contributed by atoms with van der Waals surface area (Å²) in [6, 6.07) is 0.713. The Morgan fingerprint density at radius 3 is 1.58 bits per heavy atom. The molecular weight excluding hydrogens is 146 g/mol. The van der Waals surface area contributed by atoms with E-state index in [1.54, 1.807) is 0 Å². The van der Waals surface area contributed by atoms with Crippen molar-refractivity contribution in [2.24, 2.45) is 11.8 Å². The summed E-state index contributed by atoms with van der Waals surface area (Å²) < 4.78 is 0. The van der Waals surface area contributed by atoms with Crippen LogP contribution in [0.25, 0.3) is 0 Å². The van der Waals surface area contributed by atoms with Crippen molar-refractivity contribution in [2.75, 3.05) is 6.54 Å². The summed E-state index contributed by atoms with van der Waals surface area (Å²) >= 11 is 0. The second kappa shape index (κ2) is 6.47. The lowest BCUT2D eigenvalue weighted by Gasteiger charge is -2.29. The molecule has 0 aromatic carbocycles. The Hall–Kier alpha value is -0.0400. The number of hydrogen-bond acceptors (Lipinski definition) is 1. The standard InChI is InChI=1S/C11H25N/c1-6-9(4)11(12-8-3)10(5)7-2/h9-12H,6-8H2,1-5H3. The third kappa shape index (κ3) is 3.57. The first kappa shape index (κ1) is 12.0. The van der Waals surface area contributed by atoms with E-state index in [0.29, 0.717) is 6.04 Å². The average Bonchev–Trinajstić information content (AvgIpc) is 2.11. The zero-order chi connectivity index (χ0) is 9.56. The Kier molecular flexibility index (Phi) is 6.45. The molecule has 2 atom stereocenters. The summed E-state index contributed by atoms with van der Waals surface area (Å²) in [5.74, 6) is 1.61. The fourth-order valence-corrected chi connectivity index (χ4v) is 1.71. The van der Waals surface area contributed by atoms with Crippen molar-refractivity contribution < 1.29 is 0 Å². The lowest BCUT2D eigenvalue weighted by molar-refractivity contribution is 0.276.